The fraction of sp³-hybridized carbons (Fsp3) is 0.889. The fourth-order valence-corrected chi connectivity index (χ4v) is 0.864. The SMILES string of the molecule is CCOCC(C)OC(C)(C)C=O. The van der Waals surface area contributed by atoms with Crippen molar-refractivity contribution in [3.63, 3.8) is 0 Å². The van der Waals surface area contributed by atoms with Crippen molar-refractivity contribution in [1.82, 2.24) is 0 Å². The van der Waals surface area contributed by atoms with E-state index < -0.39 is 5.60 Å². The third kappa shape index (κ3) is 5.27. The largest absolute Gasteiger partial charge is 0.379 e. The van der Waals surface area contributed by atoms with E-state index >= 15 is 0 Å². The van der Waals surface area contributed by atoms with Gasteiger partial charge >= 0.3 is 0 Å². The van der Waals surface area contributed by atoms with Crippen LogP contribution in [0.4, 0.5) is 0 Å². The lowest BCUT2D eigenvalue weighted by Crippen LogP contribution is -2.32. The molecule has 0 aliphatic heterocycles. The number of aldehydes is 1. The first-order valence-corrected chi connectivity index (χ1v) is 4.23. The minimum absolute atomic E-state index is 0.0369. The van der Waals surface area contributed by atoms with Gasteiger partial charge in [-0.25, -0.2) is 0 Å². The van der Waals surface area contributed by atoms with E-state index in [2.05, 4.69) is 0 Å². The van der Waals surface area contributed by atoms with Crippen molar-refractivity contribution in [2.24, 2.45) is 0 Å². The van der Waals surface area contributed by atoms with Gasteiger partial charge in [0.05, 0.1) is 12.7 Å². The standard InChI is InChI=1S/C9H18O3/c1-5-11-6-8(2)12-9(3,4)7-10/h7-8H,5-6H2,1-4H3. The van der Waals surface area contributed by atoms with E-state index in [1.165, 1.54) is 0 Å². The zero-order valence-corrected chi connectivity index (χ0v) is 8.29. The molecule has 0 aromatic heterocycles. The molecule has 0 N–H and O–H groups in total. The molecule has 72 valence electrons. The van der Waals surface area contributed by atoms with Crippen LogP contribution in [0.2, 0.25) is 0 Å². The van der Waals surface area contributed by atoms with Gasteiger partial charge in [0.2, 0.25) is 0 Å². The van der Waals surface area contributed by atoms with Crippen LogP contribution in [0.15, 0.2) is 0 Å². The van der Waals surface area contributed by atoms with Gasteiger partial charge in [-0.05, 0) is 27.7 Å². The third-order valence-corrected chi connectivity index (χ3v) is 1.35. The molecular weight excluding hydrogens is 156 g/mol. The van der Waals surface area contributed by atoms with E-state index in [1.807, 2.05) is 13.8 Å². The Bertz CT molecular complexity index is 132. The average Bonchev–Trinajstić information content (AvgIpc) is 2.00. The predicted octanol–water partition coefficient (Wildman–Crippen LogP) is 1.41. The van der Waals surface area contributed by atoms with Gasteiger partial charge in [-0.15, -0.1) is 0 Å². The minimum Gasteiger partial charge on any atom is -0.379 e. The van der Waals surface area contributed by atoms with Gasteiger partial charge < -0.3 is 14.3 Å². The first-order chi connectivity index (χ1) is 5.52. The predicted molar refractivity (Wildman–Crippen MR) is 47.2 cm³/mol. The smallest absolute Gasteiger partial charge is 0.151 e. The summed E-state index contributed by atoms with van der Waals surface area (Å²) in [5.74, 6) is 0. The van der Waals surface area contributed by atoms with Crippen LogP contribution in [-0.2, 0) is 14.3 Å². The first kappa shape index (κ1) is 11.6. The molecule has 3 heteroatoms. The molecule has 0 fully saturated rings. The van der Waals surface area contributed by atoms with Crippen molar-refractivity contribution in [3.05, 3.63) is 0 Å². The van der Waals surface area contributed by atoms with Gasteiger partial charge in [0.25, 0.3) is 0 Å². The van der Waals surface area contributed by atoms with Gasteiger partial charge in [-0.1, -0.05) is 0 Å². The summed E-state index contributed by atoms with van der Waals surface area (Å²) in [5.41, 5.74) is -0.698. The zero-order valence-electron chi connectivity index (χ0n) is 8.29. The molecule has 0 aliphatic rings. The van der Waals surface area contributed by atoms with Gasteiger partial charge in [0, 0.05) is 6.61 Å². The highest BCUT2D eigenvalue weighted by atomic mass is 16.5. The molecule has 0 rings (SSSR count). The molecule has 0 amide bonds. The number of carbonyl (C=O) groups excluding carboxylic acids is 1. The van der Waals surface area contributed by atoms with Crippen molar-refractivity contribution in [2.75, 3.05) is 13.2 Å². The molecule has 12 heavy (non-hydrogen) atoms. The van der Waals surface area contributed by atoms with Crippen molar-refractivity contribution in [1.29, 1.82) is 0 Å². The highest BCUT2D eigenvalue weighted by molar-refractivity contribution is 5.60. The molecule has 0 saturated heterocycles. The van der Waals surface area contributed by atoms with Crippen LogP contribution in [0, 0.1) is 0 Å². The molecule has 0 heterocycles. The van der Waals surface area contributed by atoms with Crippen molar-refractivity contribution < 1.29 is 14.3 Å². The summed E-state index contributed by atoms with van der Waals surface area (Å²) in [5, 5.41) is 0. The van der Waals surface area contributed by atoms with E-state index in [0.717, 1.165) is 6.29 Å². The van der Waals surface area contributed by atoms with Crippen LogP contribution in [0.25, 0.3) is 0 Å². The Morgan fingerprint density at radius 1 is 1.50 bits per heavy atom. The summed E-state index contributed by atoms with van der Waals surface area (Å²) in [4.78, 5) is 10.5. The zero-order chi connectivity index (χ0) is 9.61. The van der Waals surface area contributed by atoms with E-state index in [4.69, 9.17) is 9.47 Å². The molecule has 0 aliphatic carbocycles. The summed E-state index contributed by atoms with van der Waals surface area (Å²) < 4.78 is 10.5. The van der Waals surface area contributed by atoms with Gasteiger partial charge in [0.1, 0.15) is 5.60 Å². The van der Waals surface area contributed by atoms with Gasteiger partial charge in [-0.3, -0.25) is 0 Å². The fourth-order valence-electron chi connectivity index (χ4n) is 0.864. The monoisotopic (exact) mass is 174 g/mol. The van der Waals surface area contributed by atoms with Gasteiger partial charge in [-0.2, -0.15) is 0 Å². The Morgan fingerprint density at radius 2 is 2.08 bits per heavy atom. The second kappa shape index (κ2) is 5.27. The maximum Gasteiger partial charge on any atom is 0.151 e. The molecule has 0 aromatic rings. The van der Waals surface area contributed by atoms with Crippen LogP contribution in [-0.4, -0.2) is 31.2 Å². The molecule has 0 aromatic carbocycles. The Morgan fingerprint density at radius 3 is 2.50 bits per heavy atom. The number of carbonyl (C=O) groups is 1. The summed E-state index contributed by atoms with van der Waals surface area (Å²) in [6.45, 7) is 8.51. The molecule has 1 atom stereocenters. The number of hydrogen-bond donors (Lipinski definition) is 0. The van der Waals surface area contributed by atoms with Gasteiger partial charge in [0.15, 0.2) is 6.29 Å². The summed E-state index contributed by atoms with van der Waals surface area (Å²) in [6.07, 6.45) is 0.764. The lowest BCUT2D eigenvalue weighted by atomic mass is 10.2. The first-order valence-electron chi connectivity index (χ1n) is 4.23. The molecule has 3 nitrogen and oxygen atoms in total. The minimum atomic E-state index is -0.698. The second-order valence-electron chi connectivity index (χ2n) is 3.31. The highest BCUT2D eigenvalue weighted by Crippen LogP contribution is 2.08. The molecule has 0 saturated carbocycles. The summed E-state index contributed by atoms with van der Waals surface area (Å²) in [6, 6.07) is 0. The maximum absolute atomic E-state index is 10.5. The summed E-state index contributed by atoms with van der Waals surface area (Å²) in [7, 11) is 0. The van der Waals surface area contributed by atoms with Crippen molar-refractivity contribution >= 4 is 6.29 Å². The van der Waals surface area contributed by atoms with Crippen LogP contribution in [0.3, 0.4) is 0 Å². The Balaban J connectivity index is 3.67. The second-order valence-corrected chi connectivity index (χ2v) is 3.31. The molecule has 0 radical (unpaired) electrons. The lowest BCUT2D eigenvalue weighted by Gasteiger charge is -2.23. The number of hydrogen-bond acceptors (Lipinski definition) is 3. The van der Waals surface area contributed by atoms with Crippen LogP contribution >= 0.6 is 0 Å². The van der Waals surface area contributed by atoms with E-state index in [9.17, 15) is 4.79 Å². The molecular formula is C9H18O3. The normalized spacial score (nSPS) is 14.3. The Hall–Kier alpha value is -0.410. The third-order valence-electron chi connectivity index (χ3n) is 1.35. The van der Waals surface area contributed by atoms with Crippen molar-refractivity contribution in [2.45, 2.75) is 39.4 Å². The maximum atomic E-state index is 10.5. The quantitative estimate of drug-likeness (QED) is 0.571. The van der Waals surface area contributed by atoms with Crippen LogP contribution in [0.1, 0.15) is 27.7 Å². The highest BCUT2D eigenvalue weighted by Gasteiger charge is 2.20. The molecule has 0 spiro atoms. The summed E-state index contributed by atoms with van der Waals surface area (Å²) >= 11 is 0. The molecule has 0 bridgehead atoms. The topological polar surface area (TPSA) is 35.5 Å². The molecule has 1 unspecified atom stereocenters. The van der Waals surface area contributed by atoms with E-state index in [0.29, 0.717) is 13.2 Å². The van der Waals surface area contributed by atoms with Crippen LogP contribution < -0.4 is 0 Å². The van der Waals surface area contributed by atoms with Crippen LogP contribution in [0.5, 0.6) is 0 Å². The number of rotatable bonds is 6. The Labute approximate surface area is 74.0 Å². The number of ether oxygens (including phenoxy) is 2. The van der Waals surface area contributed by atoms with Crippen molar-refractivity contribution in [3.8, 4) is 0 Å². The average molecular weight is 174 g/mol. The lowest BCUT2D eigenvalue weighted by molar-refractivity contribution is -0.137. The van der Waals surface area contributed by atoms with E-state index in [-0.39, 0.29) is 6.10 Å². The van der Waals surface area contributed by atoms with E-state index in [1.54, 1.807) is 13.8 Å². The Kier molecular flexibility index (Phi) is 5.09.